The molecule has 0 unspecified atom stereocenters. The normalized spacial score (nSPS) is 14.4. The van der Waals surface area contributed by atoms with Crippen LogP contribution < -0.4 is 4.31 Å². The van der Waals surface area contributed by atoms with Crippen LogP contribution >= 0.6 is 0 Å². The Morgan fingerprint density at radius 1 is 0.718 bits per heavy atom. The molecule has 4 aromatic carbocycles. The van der Waals surface area contributed by atoms with Gasteiger partial charge in [-0.2, -0.15) is 0 Å². The first-order chi connectivity index (χ1) is 18.9. The van der Waals surface area contributed by atoms with Gasteiger partial charge in [0.2, 0.25) is 5.91 Å². The molecule has 1 aliphatic heterocycles. The first kappa shape index (κ1) is 26.7. The minimum atomic E-state index is -3.93. The average molecular weight is 540 g/mol. The number of hydrogen-bond donors (Lipinski definition) is 0. The van der Waals surface area contributed by atoms with Crippen molar-refractivity contribution < 1.29 is 13.2 Å². The lowest BCUT2D eigenvalue weighted by Crippen LogP contribution is -2.52. The zero-order valence-corrected chi connectivity index (χ0v) is 22.9. The van der Waals surface area contributed by atoms with E-state index >= 15 is 0 Å². The van der Waals surface area contributed by atoms with Gasteiger partial charge >= 0.3 is 0 Å². The van der Waals surface area contributed by atoms with Crippen molar-refractivity contribution in [2.24, 2.45) is 0 Å². The molecule has 0 aliphatic carbocycles. The highest BCUT2D eigenvalue weighted by Gasteiger charge is 2.32. The maximum atomic E-state index is 13.7. The molecule has 1 heterocycles. The zero-order chi connectivity index (χ0) is 27.2. The molecule has 0 atom stereocenters. The molecule has 0 saturated carbocycles. The number of aryl methyl sites for hydroxylation is 1. The van der Waals surface area contributed by atoms with Gasteiger partial charge < -0.3 is 4.90 Å². The molecule has 1 fully saturated rings. The topological polar surface area (TPSA) is 60.9 Å². The van der Waals surface area contributed by atoms with Gasteiger partial charge in [-0.15, -0.1) is 0 Å². The monoisotopic (exact) mass is 539 g/mol. The molecular weight excluding hydrogens is 506 g/mol. The van der Waals surface area contributed by atoms with Gasteiger partial charge in [0.05, 0.1) is 16.6 Å². The largest absolute Gasteiger partial charge is 0.339 e. The lowest BCUT2D eigenvalue weighted by atomic mass is 9.96. The number of piperazine rings is 1. The second kappa shape index (κ2) is 11.8. The summed E-state index contributed by atoms with van der Waals surface area (Å²) >= 11 is 0. The van der Waals surface area contributed by atoms with Crippen LogP contribution in [-0.2, 0) is 14.8 Å². The number of rotatable bonds is 8. The third-order valence-corrected chi connectivity index (χ3v) is 8.98. The van der Waals surface area contributed by atoms with Crippen LogP contribution in [0.25, 0.3) is 0 Å². The third kappa shape index (κ3) is 6.05. The van der Waals surface area contributed by atoms with E-state index in [1.54, 1.807) is 53.4 Å². The number of carbonyl (C=O) groups is 1. The number of hydrogen-bond acceptors (Lipinski definition) is 4. The van der Waals surface area contributed by atoms with Crippen LogP contribution in [0.15, 0.2) is 120 Å². The fourth-order valence-corrected chi connectivity index (χ4v) is 6.50. The van der Waals surface area contributed by atoms with Crippen LogP contribution in [0.1, 0.15) is 22.7 Å². The van der Waals surface area contributed by atoms with Crippen LogP contribution in [-0.4, -0.2) is 56.8 Å². The van der Waals surface area contributed by atoms with Crippen LogP contribution in [0.3, 0.4) is 0 Å². The minimum Gasteiger partial charge on any atom is -0.339 e. The Kier molecular flexibility index (Phi) is 8.10. The van der Waals surface area contributed by atoms with E-state index in [0.717, 1.165) is 5.56 Å². The summed E-state index contributed by atoms with van der Waals surface area (Å²) in [5.41, 5.74) is 3.86. The highest BCUT2D eigenvalue weighted by atomic mass is 32.2. The fourth-order valence-electron chi connectivity index (χ4n) is 5.08. The molecule has 4 aromatic rings. The first-order valence-electron chi connectivity index (χ1n) is 13.2. The number of anilines is 1. The van der Waals surface area contributed by atoms with Crippen molar-refractivity contribution in [1.82, 2.24) is 9.80 Å². The second-order valence-electron chi connectivity index (χ2n) is 9.80. The maximum Gasteiger partial charge on any atom is 0.264 e. The summed E-state index contributed by atoms with van der Waals surface area (Å²) in [5, 5.41) is 0. The molecule has 5 rings (SSSR count). The summed E-state index contributed by atoms with van der Waals surface area (Å²) in [4.78, 5) is 17.9. The van der Waals surface area contributed by atoms with Crippen molar-refractivity contribution in [2.75, 3.05) is 37.0 Å². The molecule has 7 heteroatoms. The number of nitrogens with zero attached hydrogens (tertiary/aromatic N) is 3. The Labute approximate surface area is 231 Å². The van der Waals surface area contributed by atoms with Crippen LogP contribution in [0.2, 0.25) is 0 Å². The van der Waals surface area contributed by atoms with Crippen LogP contribution in [0.5, 0.6) is 0 Å². The van der Waals surface area contributed by atoms with Crippen LogP contribution in [0, 0.1) is 6.92 Å². The molecule has 0 spiro atoms. The van der Waals surface area contributed by atoms with Gasteiger partial charge in [0.1, 0.15) is 6.54 Å². The van der Waals surface area contributed by atoms with Gasteiger partial charge in [-0.05, 0) is 42.3 Å². The summed E-state index contributed by atoms with van der Waals surface area (Å²) in [5.74, 6) is -0.204. The van der Waals surface area contributed by atoms with E-state index in [1.165, 1.54) is 15.4 Å². The molecule has 1 aliphatic rings. The predicted molar refractivity (Wildman–Crippen MR) is 155 cm³/mol. The van der Waals surface area contributed by atoms with Crippen molar-refractivity contribution in [1.29, 1.82) is 0 Å². The molecule has 6 nitrogen and oxygen atoms in total. The van der Waals surface area contributed by atoms with Crippen molar-refractivity contribution in [3.8, 4) is 0 Å². The van der Waals surface area contributed by atoms with Crippen molar-refractivity contribution in [3.05, 3.63) is 132 Å². The number of carbonyl (C=O) groups excluding carboxylic acids is 1. The summed E-state index contributed by atoms with van der Waals surface area (Å²) in [6.45, 7) is 4.10. The quantitative estimate of drug-likeness (QED) is 0.312. The van der Waals surface area contributed by atoms with Crippen LogP contribution in [0.4, 0.5) is 5.69 Å². The van der Waals surface area contributed by atoms with E-state index in [1.807, 2.05) is 25.1 Å². The highest BCUT2D eigenvalue weighted by Crippen LogP contribution is 2.30. The highest BCUT2D eigenvalue weighted by molar-refractivity contribution is 7.92. The number of amides is 1. The summed E-state index contributed by atoms with van der Waals surface area (Å²) < 4.78 is 28.6. The molecule has 0 aromatic heterocycles. The van der Waals surface area contributed by atoms with Crippen molar-refractivity contribution in [3.63, 3.8) is 0 Å². The zero-order valence-electron chi connectivity index (χ0n) is 22.1. The standard InChI is InChI=1S/C32H33N3O3S/c1-26-17-19-30(20-18-26)39(37,38)35(29-15-9-4-10-16-29)25-31(36)33-21-23-34(24-22-33)32(27-11-5-2-6-12-27)28-13-7-3-8-14-28/h2-20,32H,21-25H2,1H3. The molecule has 1 saturated heterocycles. The Morgan fingerprint density at radius 3 is 1.72 bits per heavy atom. The summed E-state index contributed by atoms with van der Waals surface area (Å²) in [6, 6.07) is 36.5. The van der Waals surface area contributed by atoms with Gasteiger partial charge in [0.15, 0.2) is 0 Å². The average Bonchev–Trinajstić information content (AvgIpc) is 2.98. The van der Waals surface area contributed by atoms with E-state index in [4.69, 9.17) is 0 Å². The van der Waals surface area contributed by atoms with E-state index < -0.39 is 10.0 Å². The van der Waals surface area contributed by atoms with Gasteiger partial charge in [0.25, 0.3) is 10.0 Å². The Balaban J connectivity index is 1.33. The number of sulfonamides is 1. The van der Waals surface area contributed by atoms with Crippen molar-refractivity contribution >= 4 is 21.6 Å². The van der Waals surface area contributed by atoms with E-state index in [9.17, 15) is 13.2 Å². The maximum absolute atomic E-state index is 13.7. The Morgan fingerprint density at radius 2 is 1.21 bits per heavy atom. The lowest BCUT2D eigenvalue weighted by Gasteiger charge is -2.40. The molecule has 39 heavy (non-hydrogen) atoms. The smallest absolute Gasteiger partial charge is 0.264 e. The number of para-hydroxylation sites is 1. The van der Waals surface area contributed by atoms with E-state index in [2.05, 4.69) is 53.4 Å². The van der Waals surface area contributed by atoms with Crippen molar-refractivity contribution in [2.45, 2.75) is 17.9 Å². The lowest BCUT2D eigenvalue weighted by molar-refractivity contribution is -0.131. The van der Waals surface area contributed by atoms with Gasteiger partial charge in [0, 0.05) is 26.2 Å². The fraction of sp³-hybridized carbons (Fsp3) is 0.219. The third-order valence-electron chi connectivity index (χ3n) is 7.19. The second-order valence-corrected chi connectivity index (χ2v) is 11.7. The summed E-state index contributed by atoms with van der Waals surface area (Å²) in [7, 11) is -3.93. The predicted octanol–water partition coefficient (Wildman–Crippen LogP) is 5.12. The summed E-state index contributed by atoms with van der Waals surface area (Å²) in [6.07, 6.45) is 0. The van der Waals surface area contributed by atoms with Gasteiger partial charge in [-0.3, -0.25) is 14.0 Å². The Hall–Kier alpha value is -3.94. The first-order valence-corrected chi connectivity index (χ1v) is 14.6. The molecule has 0 N–H and O–H groups in total. The van der Waals surface area contributed by atoms with Gasteiger partial charge in [-0.1, -0.05) is 96.6 Å². The molecule has 200 valence electrons. The minimum absolute atomic E-state index is 0.0902. The molecule has 0 radical (unpaired) electrons. The SMILES string of the molecule is Cc1ccc(S(=O)(=O)N(CC(=O)N2CCN(C(c3ccccc3)c3ccccc3)CC2)c2ccccc2)cc1. The van der Waals surface area contributed by atoms with E-state index in [0.29, 0.717) is 31.9 Å². The number of benzene rings is 4. The van der Waals surface area contributed by atoms with Gasteiger partial charge in [-0.25, -0.2) is 8.42 Å². The Bertz CT molecular complexity index is 1430. The molecule has 0 bridgehead atoms. The molecular formula is C32H33N3O3S. The van der Waals surface area contributed by atoms with E-state index in [-0.39, 0.29) is 23.4 Å². The molecule has 1 amide bonds.